The monoisotopic (exact) mass is 388 g/mol. The summed E-state index contributed by atoms with van der Waals surface area (Å²) in [6, 6.07) is 16.4. The highest BCUT2D eigenvalue weighted by Crippen LogP contribution is 2.50. The van der Waals surface area contributed by atoms with Crippen molar-refractivity contribution in [2.24, 2.45) is 0 Å². The Balaban J connectivity index is 2.03. The summed E-state index contributed by atoms with van der Waals surface area (Å²) in [4.78, 5) is 0. The quantitative estimate of drug-likeness (QED) is 0.486. The summed E-state index contributed by atoms with van der Waals surface area (Å²) in [5.41, 5.74) is 9.60. The summed E-state index contributed by atoms with van der Waals surface area (Å²) in [6.45, 7) is 13.2. The lowest BCUT2D eigenvalue weighted by atomic mass is 9.58. The second-order valence-electron chi connectivity index (χ2n) is 9.27. The van der Waals surface area contributed by atoms with Crippen LogP contribution in [0.5, 0.6) is 0 Å². The molecule has 1 heteroatoms. The zero-order chi connectivity index (χ0) is 20.6. The Bertz CT molecular complexity index is 931. The fraction of sp³-hybridized carbons (Fsp3) is 0.536. The normalized spacial score (nSPS) is 22.1. The van der Waals surface area contributed by atoms with Gasteiger partial charge in [-0.3, -0.25) is 0 Å². The SMILES string of the molecule is CCCCc1cccc2c1CC[N+]1=C2c2ccccc2C(C)(CC)C1(CC)CC. The van der Waals surface area contributed by atoms with Crippen LogP contribution < -0.4 is 0 Å². The molecule has 0 radical (unpaired) electrons. The Kier molecular flexibility index (Phi) is 5.44. The highest BCUT2D eigenvalue weighted by Gasteiger charge is 2.59. The average Bonchev–Trinajstić information content (AvgIpc) is 2.78. The lowest BCUT2D eigenvalue weighted by Gasteiger charge is -2.50. The van der Waals surface area contributed by atoms with E-state index in [-0.39, 0.29) is 11.0 Å². The van der Waals surface area contributed by atoms with Gasteiger partial charge in [-0.15, -0.1) is 0 Å². The van der Waals surface area contributed by atoms with Gasteiger partial charge in [0.2, 0.25) is 5.71 Å². The highest BCUT2D eigenvalue weighted by atomic mass is 15.1. The van der Waals surface area contributed by atoms with E-state index in [1.54, 1.807) is 16.7 Å². The minimum Gasteiger partial charge on any atom is -0.222 e. The minimum atomic E-state index is 0.175. The first kappa shape index (κ1) is 20.4. The smallest absolute Gasteiger partial charge is 0.215 e. The van der Waals surface area contributed by atoms with E-state index in [4.69, 9.17) is 0 Å². The molecule has 2 aliphatic rings. The third kappa shape index (κ3) is 2.76. The number of nitrogens with zero attached hydrogens (tertiary/aromatic N) is 1. The van der Waals surface area contributed by atoms with Gasteiger partial charge in [0.15, 0.2) is 5.54 Å². The molecule has 0 aromatic heterocycles. The van der Waals surface area contributed by atoms with Gasteiger partial charge in [0.1, 0.15) is 6.54 Å². The van der Waals surface area contributed by atoms with E-state index in [1.807, 2.05) is 0 Å². The first-order valence-electron chi connectivity index (χ1n) is 11.9. The third-order valence-corrected chi connectivity index (χ3v) is 8.38. The summed E-state index contributed by atoms with van der Waals surface area (Å²) in [5, 5.41) is 0. The lowest BCUT2D eigenvalue weighted by molar-refractivity contribution is -0.625. The van der Waals surface area contributed by atoms with Crippen LogP contribution in [-0.4, -0.2) is 22.4 Å². The zero-order valence-electron chi connectivity index (χ0n) is 19.1. The Morgan fingerprint density at radius 2 is 1.59 bits per heavy atom. The first-order chi connectivity index (χ1) is 14.1. The fourth-order valence-corrected chi connectivity index (χ4v) is 6.60. The molecule has 0 aliphatic carbocycles. The van der Waals surface area contributed by atoms with Crippen LogP contribution in [0.1, 0.15) is 94.5 Å². The van der Waals surface area contributed by atoms with Gasteiger partial charge in [-0.1, -0.05) is 64.4 Å². The predicted molar refractivity (Wildman–Crippen MR) is 124 cm³/mol. The minimum absolute atomic E-state index is 0.175. The van der Waals surface area contributed by atoms with Crippen LogP contribution in [0.4, 0.5) is 0 Å². The molecular formula is C28H38N+. The van der Waals surface area contributed by atoms with Crippen molar-refractivity contribution in [2.75, 3.05) is 6.54 Å². The van der Waals surface area contributed by atoms with Crippen molar-refractivity contribution < 1.29 is 4.58 Å². The predicted octanol–water partition coefficient (Wildman–Crippen LogP) is 6.68. The molecule has 0 saturated heterocycles. The molecule has 2 aliphatic heterocycles. The van der Waals surface area contributed by atoms with Crippen LogP contribution in [0.2, 0.25) is 0 Å². The number of benzene rings is 2. The Labute approximate surface area is 177 Å². The van der Waals surface area contributed by atoms with Crippen molar-refractivity contribution >= 4 is 5.71 Å². The van der Waals surface area contributed by atoms with Crippen LogP contribution in [0.15, 0.2) is 42.5 Å². The molecule has 0 fully saturated rings. The number of unbranched alkanes of at least 4 members (excludes halogenated alkanes) is 1. The molecule has 0 saturated carbocycles. The molecule has 154 valence electrons. The maximum absolute atomic E-state index is 2.84. The van der Waals surface area contributed by atoms with Gasteiger partial charge in [0.05, 0.1) is 16.5 Å². The van der Waals surface area contributed by atoms with Crippen molar-refractivity contribution in [3.63, 3.8) is 0 Å². The van der Waals surface area contributed by atoms with E-state index in [0.29, 0.717) is 0 Å². The Morgan fingerprint density at radius 1 is 0.862 bits per heavy atom. The molecule has 2 aromatic carbocycles. The largest absolute Gasteiger partial charge is 0.222 e. The molecule has 0 amide bonds. The molecule has 0 N–H and O–H groups in total. The van der Waals surface area contributed by atoms with E-state index in [0.717, 1.165) is 6.54 Å². The van der Waals surface area contributed by atoms with E-state index in [9.17, 15) is 0 Å². The standard InChI is InChI=1S/C28H38N/c1-6-10-14-21-15-13-17-23-22(21)19-20-29-26(23)24-16-11-12-18-25(24)27(5,7-2)28(29,8-3)9-4/h11-13,15-18H,6-10,14,19-20H2,1-5H3/q+1. The van der Waals surface area contributed by atoms with Crippen molar-refractivity contribution in [3.8, 4) is 0 Å². The first-order valence-corrected chi connectivity index (χ1v) is 11.9. The Morgan fingerprint density at radius 3 is 2.28 bits per heavy atom. The van der Waals surface area contributed by atoms with Crippen LogP contribution in [0, 0.1) is 0 Å². The second kappa shape index (κ2) is 7.74. The van der Waals surface area contributed by atoms with Gasteiger partial charge in [-0.05, 0) is 55.0 Å². The summed E-state index contributed by atoms with van der Waals surface area (Å²) in [7, 11) is 0. The van der Waals surface area contributed by atoms with Gasteiger partial charge in [0.25, 0.3) is 0 Å². The number of hydrogen-bond donors (Lipinski definition) is 0. The molecule has 1 atom stereocenters. The van der Waals surface area contributed by atoms with Gasteiger partial charge in [-0.25, -0.2) is 4.58 Å². The highest BCUT2D eigenvalue weighted by molar-refractivity contribution is 6.12. The molecule has 29 heavy (non-hydrogen) atoms. The van der Waals surface area contributed by atoms with Crippen molar-refractivity contribution in [3.05, 3.63) is 70.3 Å². The Hall–Kier alpha value is -1.89. The van der Waals surface area contributed by atoms with Crippen LogP contribution in [0.25, 0.3) is 0 Å². The van der Waals surface area contributed by atoms with E-state index in [1.165, 1.54) is 61.8 Å². The summed E-state index contributed by atoms with van der Waals surface area (Å²) in [5.74, 6) is 0. The molecule has 2 aromatic rings. The van der Waals surface area contributed by atoms with Crippen molar-refractivity contribution in [1.29, 1.82) is 0 Å². The maximum atomic E-state index is 2.84. The molecule has 0 spiro atoms. The van der Waals surface area contributed by atoms with Crippen molar-refractivity contribution in [2.45, 2.75) is 90.5 Å². The average molecular weight is 389 g/mol. The van der Waals surface area contributed by atoms with Gasteiger partial charge < -0.3 is 0 Å². The van der Waals surface area contributed by atoms with E-state index in [2.05, 4.69) is 81.7 Å². The van der Waals surface area contributed by atoms with E-state index < -0.39 is 0 Å². The van der Waals surface area contributed by atoms with Crippen molar-refractivity contribution in [1.82, 2.24) is 0 Å². The van der Waals surface area contributed by atoms with Gasteiger partial charge in [-0.2, -0.15) is 0 Å². The van der Waals surface area contributed by atoms with Crippen LogP contribution >= 0.6 is 0 Å². The molecule has 1 nitrogen and oxygen atoms in total. The lowest BCUT2D eigenvalue weighted by Crippen LogP contribution is -2.62. The number of hydrogen-bond acceptors (Lipinski definition) is 0. The van der Waals surface area contributed by atoms with Crippen LogP contribution in [0.3, 0.4) is 0 Å². The topological polar surface area (TPSA) is 3.01 Å². The second-order valence-corrected chi connectivity index (χ2v) is 9.27. The number of rotatable bonds is 6. The molecule has 2 heterocycles. The zero-order valence-corrected chi connectivity index (χ0v) is 19.1. The molecule has 0 bridgehead atoms. The van der Waals surface area contributed by atoms with Gasteiger partial charge in [0, 0.05) is 19.3 Å². The number of aryl methyl sites for hydroxylation is 1. The van der Waals surface area contributed by atoms with Gasteiger partial charge >= 0.3 is 0 Å². The summed E-state index contributed by atoms with van der Waals surface area (Å²) in [6.07, 6.45) is 8.51. The molecular weight excluding hydrogens is 350 g/mol. The fourth-order valence-electron chi connectivity index (χ4n) is 6.60. The summed E-state index contributed by atoms with van der Waals surface area (Å²) < 4.78 is 2.84. The van der Waals surface area contributed by atoms with E-state index >= 15 is 0 Å². The third-order valence-electron chi connectivity index (χ3n) is 8.38. The molecule has 4 rings (SSSR count). The van der Waals surface area contributed by atoms with Crippen LogP contribution in [-0.2, 0) is 18.3 Å². The number of fused-ring (bicyclic) bond motifs is 4. The summed E-state index contributed by atoms with van der Waals surface area (Å²) >= 11 is 0. The molecule has 1 unspecified atom stereocenters. The maximum Gasteiger partial charge on any atom is 0.215 e.